The van der Waals surface area contributed by atoms with Crippen molar-refractivity contribution < 1.29 is 33.1 Å². The number of anilines is 1. The Morgan fingerprint density at radius 1 is 1.19 bits per heavy atom. The minimum absolute atomic E-state index is 0.0710. The molecule has 4 rings (SSSR count). The molecule has 0 bridgehead atoms. The van der Waals surface area contributed by atoms with Crippen LogP contribution in [0.5, 0.6) is 0 Å². The van der Waals surface area contributed by atoms with Crippen LogP contribution in [-0.2, 0) is 11.2 Å². The average Bonchev–Trinajstić information content (AvgIpc) is 3.40. The first-order chi connectivity index (χ1) is 17.1. The van der Waals surface area contributed by atoms with Crippen molar-refractivity contribution in [3.05, 3.63) is 64.6 Å². The number of aromatic carboxylic acids is 1. The summed E-state index contributed by atoms with van der Waals surface area (Å²) in [6.07, 6.45) is -0.780. The SMILES string of the molecule is NC(=O)n1cc(NC(=O)N2C[C@H](F)C[C@H]2C(=O)CCc2cc(C(=O)O)cc(Cl)c2F)c2ccccc21. The molecule has 0 unspecified atom stereocenters. The van der Waals surface area contributed by atoms with E-state index in [4.69, 9.17) is 22.4 Å². The van der Waals surface area contributed by atoms with Gasteiger partial charge in [-0.15, -0.1) is 0 Å². The fraction of sp³-hybridized carbons (Fsp3) is 0.250. The first kappa shape index (κ1) is 25.1. The van der Waals surface area contributed by atoms with E-state index in [9.17, 15) is 28.0 Å². The van der Waals surface area contributed by atoms with Crippen molar-refractivity contribution >= 4 is 52.0 Å². The molecule has 1 fully saturated rings. The van der Waals surface area contributed by atoms with Crippen molar-refractivity contribution in [2.75, 3.05) is 11.9 Å². The van der Waals surface area contributed by atoms with Crippen molar-refractivity contribution in [1.82, 2.24) is 9.47 Å². The molecule has 12 heteroatoms. The minimum atomic E-state index is -1.45. The third-order valence-electron chi connectivity index (χ3n) is 6.06. The summed E-state index contributed by atoms with van der Waals surface area (Å²) in [5, 5.41) is 11.9. The lowest BCUT2D eigenvalue weighted by molar-refractivity contribution is -0.122. The molecular formula is C24H21ClF2N4O5. The number of carbonyl (C=O) groups excluding carboxylic acids is 3. The molecule has 1 aromatic heterocycles. The number of ketones is 1. The molecule has 3 amide bonds. The summed E-state index contributed by atoms with van der Waals surface area (Å²) in [6, 6.07) is 6.14. The standard InChI is InChI=1S/C24H21ClF2N4O5/c25-16-8-13(22(33)34)7-12(21(16)27)5-6-20(32)19-9-14(26)10-31(19)24(36)29-17-11-30(23(28)35)18-4-2-1-3-15(17)18/h1-4,7-8,11,14,19H,5-6,9-10H2,(H2,28,35)(H,29,36)(H,33,34)/t14-,19+/m1/s1. The third-order valence-corrected chi connectivity index (χ3v) is 6.34. The zero-order chi connectivity index (χ0) is 26.1. The number of nitrogens with zero attached hydrogens (tertiary/aromatic N) is 2. The van der Waals surface area contributed by atoms with E-state index in [1.165, 1.54) is 6.20 Å². The van der Waals surface area contributed by atoms with E-state index in [0.717, 1.165) is 21.6 Å². The molecule has 0 aliphatic carbocycles. The lowest BCUT2D eigenvalue weighted by Gasteiger charge is -2.23. The van der Waals surface area contributed by atoms with Gasteiger partial charge in [0.2, 0.25) is 0 Å². The number of carboxylic acid groups (broad SMARTS) is 1. The molecule has 4 N–H and O–H groups in total. The molecule has 1 aliphatic rings. The van der Waals surface area contributed by atoms with Crippen molar-refractivity contribution in [1.29, 1.82) is 0 Å². The Morgan fingerprint density at radius 2 is 1.92 bits per heavy atom. The van der Waals surface area contributed by atoms with Crippen molar-refractivity contribution in [3.63, 3.8) is 0 Å². The Kier molecular flexibility index (Phi) is 6.93. The van der Waals surface area contributed by atoms with Crippen molar-refractivity contribution in [3.8, 4) is 0 Å². The Labute approximate surface area is 208 Å². The van der Waals surface area contributed by atoms with Gasteiger partial charge in [0.25, 0.3) is 0 Å². The number of carbonyl (C=O) groups is 4. The first-order valence-corrected chi connectivity index (χ1v) is 11.3. The number of carboxylic acids is 1. The average molecular weight is 519 g/mol. The van der Waals surface area contributed by atoms with Crippen molar-refractivity contribution in [2.24, 2.45) is 5.73 Å². The highest BCUT2D eigenvalue weighted by Gasteiger charge is 2.39. The summed E-state index contributed by atoms with van der Waals surface area (Å²) >= 11 is 5.76. The van der Waals surface area contributed by atoms with Gasteiger partial charge < -0.3 is 21.1 Å². The maximum absolute atomic E-state index is 14.4. The minimum Gasteiger partial charge on any atom is -0.478 e. The number of amides is 3. The molecule has 1 saturated heterocycles. The molecule has 2 heterocycles. The maximum atomic E-state index is 14.4. The van der Waals surface area contributed by atoms with Gasteiger partial charge in [-0.25, -0.2) is 23.2 Å². The maximum Gasteiger partial charge on any atom is 0.335 e. The number of likely N-dealkylation sites (tertiary alicyclic amines) is 1. The number of benzene rings is 2. The summed E-state index contributed by atoms with van der Waals surface area (Å²) < 4.78 is 29.8. The molecule has 188 valence electrons. The van der Waals surface area contributed by atoms with Gasteiger partial charge in [0.15, 0.2) is 5.78 Å². The number of aryl methyl sites for hydroxylation is 1. The van der Waals surface area contributed by atoms with Gasteiger partial charge in [-0.2, -0.15) is 0 Å². The predicted octanol–water partition coefficient (Wildman–Crippen LogP) is 4.21. The third kappa shape index (κ3) is 4.87. The van der Waals surface area contributed by atoms with Gasteiger partial charge in [-0.3, -0.25) is 9.36 Å². The number of hydrogen-bond acceptors (Lipinski definition) is 4. The van der Waals surface area contributed by atoms with Gasteiger partial charge in [0.05, 0.1) is 34.4 Å². The summed E-state index contributed by atoms with van der Waals surface area (Å²) in [5.74, 6) is -2.66. The van der Waals surface area contributed by atoms with Crippen LogP contribution in [0.1, 0.15) is 28.8 Å². The monoisotopic (exact) mass is 518 g/mol. The zero-order valence-corrected chi connectivity index (χ0v) is 19.5. The predicted molar refractivity (Wildman–Crippen MR) is 128 cm³/mol. The van der Waals surface area contributed by atoms with Crippen LogP contribution < -0.4 is 11.1 Å². The lowest BCUT2D eigenvalue weighted by Crippen LogP contribution is -2.43. The Balaban J connectivity index is 1.51. The summed E-state index contributed by atoms with van der Waals surface area (Å²) in [5.41, 5.74) is 5.80. The Hall–Kier alpha value is -3.99. The second kappa shape index (κ2) is 9.94. The number of fused-ring (bicyclic) bond motifs is 1. The van der Waals surface area contributed by atoms with E-state index in [1.807, 2.05) is 0 Å². The number of primary amides is 1. The molecule has 2 atom stereocenters. The van der Waals surface area contributed by atoms with E-state index in [2.05, 4.69) is 5.32 Å². The first-order valence-electron chi connectivity index (χ1n) is 10.9. The normalized spacial score (nSPS) is 17.4. The zero-order valence-electron chi connectivity index (χ0n) is 18.7. The van der Waals surface area contributed by atoms with E-state index in [0.29, 0.717) is 10.9 Å². The molecule has 1 aliphatic heterocycles. The van der Waals surface area contributed by atoms with Gasteiger partial charge >= 0.3 is 18.0 Å². The fourth-order valence-electron chi connectivity index (χ4n) is 4.34. The number of nitrogens with one attached hydrogen (secondary N) is 1. The smallest absolute Gasteiger partial charge is 0.335 e. The number of para-hydroxylation sites is 1. The highest BCUT2D eigenvalue weighted by atomic mass is 35.5. The number of nitrogens with two attached hydrogens (primary N) is 1. The lowest BCUT2D eigenvalue weighted by atomic mass is 10.00. The van der Waals surface area contributed by atoms with Crippen LogP contribution >= 0.6 is 11.6 Å². The van der Waals surface area contributed by atoms with Crippen LogP contribution in [0, 0.1) is 5.82 Å². The van der Waals surface area contributed by atoms with Crippen LogP contribution in [0.25, 0.3) is 10.9 Å². The number of halogens is 3. The number of hydrogen-bond donors (Lipinski definition) is 3. The fourth-order valence-corrected chi connectivity index (χ4v) is 4.58. The number of aromatic nitrogens is 1. The van der Waals surface area contributed by atoms with Crippen molar-refractivity contribution in [2.45, 2.75) is 31.5 Å². The van der Waals surface area contributed by atoms with Crippen LogP contribution in [0.4, 0.5) is 24.1 Å². The van der Waals surface area contributed by atoms with E-state index >= 15 is 0 Å². The molecule has 0 saturated carbocycles. The van der Waals surface area contributed by atoms with Gasteiger partial charge in [-0.1, -0.05) is 29.8 Å². The molecule has 0 radical (unpaired) electrons. The quantitative estimate of drug-likeness (QED) is 0.449. The van der Waals surface area contributed by atoms with Crippen LogP contribution in [0.3, 0.4) is 0 Å². The number of Topliss-reactive ketones (excluding diaryl/α,β-unsaturated/α-hetero) is 1. The van der Waals surface area contributed by atoms with Crippen LogP contribution in [0.2, 0.25) is 5.02 Å². The number of rotatable bonds is 6. The summed E-state index contributed by atoms with van der Waals surface area (Å²) in [4.78, 5) is 50.0. The van der Waals surface area contributed by atoms with Gasteiger partial charge in [-0.05, 0) is 30.2 Å². The number of urea groups is 1. The summed E-state index contributed by atoms with van der Waals surface area (Å²) in [7, 11) is 0. The van der Waals surface area contributed by atoms with Gasteiger partial charge in [0, 0.05) is 24.4 Å². The molecule has 36 heavy (non-hydrogen) atoms. The molecule has 9 nitrogen and oxygen atoms in total. The highest BCUT2D eigenvalue weighted by molar-refractivity contribution is 6.31. The highest BCUT2D eigenvalue weighted by Crippen LogP contribution is 2.29. The topological polar surface area (TPSA) is 135 Å². The van der Waals surface area contributed by atoms with E-state index < -0.39 is 46.9 Å². The molecule has 0 spiro atoms. The second-order valence-electron chi connectivity index (χ2n) is 8.40. The molecule has 3 aromatic rings. The molecular weight excluding hydrogens is 498 g/mol. The van der Waals surface area contributed by atoms with Gasteiger partial charge in [0.1, 0.15) is 12.0 Å². The van der Waals surface area contributed by atoms with Crippen LogP contribution in [0.15, 0.2) is 42.6 Å². The van der Waals surface area contributed by atoms with E-state index in [1.54, 1.807) is 24.3 Å². The summed E-state index contributed by atoms with van der Waals surface area (Å²) in [6.45, 7) is -0.328. The van der Waals surface area contributed by atoms with Crippen LogP contribution in [-0.4, -0.2) is 57.1 Å². The second-order valence-corrected chi connectivity index (χ2v) is 8.81. The Bertz CT molecular complexity index is 1390. The Morgan fingerprint density at radius 3 is 2.61 bits per heavy atom. The molecule has 2 aromatic carbocycles. The van der Waals surface area contributed by atoms with E-state index in [-0.39, 0.29) is 42.6 Å². The number of alkyl halides is 1. The largest absolute Gasteiger partial charge is 0.478 e.